The highest BCUT2D eigenvalue weighted by atomic mass is 32.2. The molecule has 0 spiro atoms. The monoisotopic (exact) mass is 476 g/mol. The molecule has 0 fully saturated rings. The lowest BCUT2D eigenvalue weighted by Crippen LogP contribution is -2.27. The standard InChI is InChI=1S/C21H20N2O7S2/c1-14(18-5-3-4-12-22-18)23-32(28,29)17-9-7-16(8-10-17)30-19-11-6-15(21(24)25)13-20(19)31(2,26)27/h3-14,23H,1-2H3,(H,24,25). The van der Waals surface area contributed by atoms with Crippen molar-refractivity contribution in [3.8, 4) is 11.5 Å². The molecule has 0 saturated carbocycles. The second-order valence-electron chi connectivity index (χ2n) is 6.91. The highest BCUT2D eigenvalue weighted by Gasteiger charge is 2.21. The van der Waals surface area contributed by atoms with Crippen molar-refractivity contribution < 1.29 is 31.5 Å². The number of nitrogens with zero attached hydrogens (tertiary/aromatic N) is 1. The van der Waals surface area contributed by atoms with Gasteiger partial charge in [-0.3, -0.25) is 4.98 Å². The normalized spacial score (nSPS) is 12.8. The van der Waals surface area contributed by atoms with Crippen LogP contribution < -0.4 is 9.46 Å². The van der Waals surface area contributed by atoms with Crippen LogP contribution in [0.25, 0.3) is 0 Å². The van der Waals surface area contributed by atoms with Gasteiger partial charge in [-0.05, 0) is 61.5 Å². The first-order valence-electron chi connectivity index (χ1n) is 9.26. The number of nitrogens with one attached hydrogen (secondary N) is 1. The summed E-state index contributed by atoms with van der Waals surface area (Å²) in [4.78, 5) is 15.0. The Kier molecular flexibility index (Phi) is 6.63. The third-order valence-corrected chi connectivity index (χ3v) is 7.09. The van der Waals surface area contributed by atoms with Crippen molar-refractivity contribution >= 4 is 25.8 Å². The lowest BCUT2D eigenvalue weighted by molar-refractivity contribution is 0.0696. The SMILES string of the molecule is CC(NS(=O)(=O)c1ccc(Oc2ccc(C(=O)O)cc2S(C)(=O)=O)cc1)c1ccccn1. The highest BCUT2D eigenvalue weighted by molar-refractivity contribution is 7.90. The average molecular weight is 477 g/mol. The van der Waals surface area contributed by atoms with Crippen LogP contribution in [0.1, 0.15) is 29.0 Å². The molecule has 9 nitrogen and oxygen atoms in total. The zero-order chi connectivity index (χ0) is 23.5. The molecule has 1 unspecified atom stereocenters. The van der Waals surface area contributed by atoms with Gasteiger partial charge in [-0.1, -0.05) is 6.07 Å². The van der Waals surface area contributed by atoms with Crippen LogP contribution in [0.15, 0.2) is 76.7 Å². The number of sulfonamides is 1. The number of benzene rings is 2. The van der Waals surface area contributed by atoms with E-state index >= 15 is 0 Å². The molecular formula is C21H20N2O7S2. The maximum atomic E-state index is 12.7. The van der Waals surface area contributed by atoms with Crippen LogP contribution in [0, 0.1) is 0 Å². The van der Waals surface area contributed by atoms with E-state index in [-0.39, 0.29) is 26.9 Å². The Morgan fingerprint density at radius 2 is 1.72 bits per heavy atom. The summed E-state index contributed by atoms with van der Waals surface area (Å²) >= 11 is 0. The van der Waals surface area contributed by atoms with Crippen molar-refractivity contribution in [2.45, 2.75) is 22.8 Å². The van der Waals surface area contributed by atoms with Gasteiger partial charge < -0.3 is 9.84 Å². The number of ether oxygens (including phenoxy) is 1. The topological polar surface area (TPSA) is 140 Å². The molecule has 11 heteroatoms. The molecule has 0 radical (unpaired) electrons. The number of hydrogen-bond acceptors (Lipinski definition) is 7. The molecule has 0 aliphatic carbocycles. The van der Waals surface area contributed by atoms with Gasteiger partial charge in [0.2, 0.25) is 10.0 Å². The van der Waals surface area contributed by atoms with E-state index in [0.717, 1.165) is 12.3 Å². The number of carboxylic acids is 1. The molecule has 168 valence electrons. The predicted molar refractivity (Wildman–Crippen MR) is 116 cm³/mol. The van der Waals surface area contributed by atoms with Gasteiger partial charge in [0.15, 0.2) is 9.84 Å². The zero-order valence-corrected chi connectivity index (χ0v) is 18.7. The smallest absolute Gasteiger partial charge is 0.335 e. The number of aromatic carboxylic acids is 1. The number of pyridine rings is 1. The van der Waals surface area contributed by atoms with Crippen LogP contribution in [-0.2, 0) is 19.9 Å². The lowest BCUT2D eigenvalue weighted by atomic mass is 10.2. The molecule has 0 aliphatic rings. The summed E-state index contributed by atoms with van der Waals surface area (Å²) in [6, 6.07) is 13.5. The van der Waals surface area contributed by atoms with E-state index in [9.17, 15) is 21.6 Å². The average Bonchev–Trinajstić information content (AvgIpc) is 2.74. The van der Waals surface area contributed by atoms with Crippen LogP contribution in [0.5, 0.6) is 11.5 Å². The fourth-order valence-electron chi connectivity index (χ4n) is 2.82. The van der Waals surface area contributed by atoms with Crippen molar-refractivity contribution in [2.75, 3.05) is 6.26 Å². The Balaban J connectivity index is 1.83. The quantitative estimate of drug-likeness (QED) is 0.506. The van der Waals surface area contributed by atoms with Crippen LogP contribution in [0.4, 0.5) is 0 Å². The summed E-state index contributed by atoms with van der Waals surface area (Å²) in [7, 11) is -7.63. The second kappa shape index (κ2) is 9.07. The summed E-state index contributed by atoms with van der Waals surface area (Å²) in [5.74, 6) is -1.17. The molecule has 32 heavy (non-hydrogen) atoms. The third kappa shape index (κ3) is 5.49. The van der Waals surface area contributed by atoms with E-state index in [2.05, 4.69) is 9.71 Å². The summed E-state index contributed by atoms with van der Waals surface area (Å²) < 4.78 is 57.6. The summed E-state index contributed by atoms with van der Waals surface area (Å²) in [6.07, 6.45) is 2.50. The lowest BCUT2D eigenvalue weighted by Gasteiger charge is -2.14. The van der Waals surface area contributed by atoms with Gasteiger partial charge in [-0.2, -0.15) is 0 Å². The van der Waals surface area contributed by atoms with E-state index in [4.69, 9.17) is 9.84 Å². The number of carboxylic acid groups (broad SMARTS) is 1. The van der Waals surface area contributed by atoms with Crippen LogP contribution in [0.3, 0.4) is 0 Å². The minimum Gasteiger partial charge on any atom is -0.478 e. The zero-order valence-electron chi connectivity index (χ0n) is 17.1. The van der Waals surface area contributed by atoms with Crippen LogP contribution >= 0.6 is 0 Å². The number of hydrogen-bond donors (Lipinski definition) is 2. The minimum absolute atomic E-state index is 0.0165. The first-order chi connectivity index (χ1) is 15.0. The fraction of sp³-hybridized carbons (Fsp3) is 0.143. The van der Waals surface area contributed by atoms with Crippen LogP contribution in [-0.4, -0.2) is 39.2 Å². The second-order valence-corrected chi connectivity index (χ2v) is 10.6. The number of rotatable bonds is 8. The molecule has 1 heterocycles. The Morgan fingerprint density at radius 3 is 2.28 bits per heavy atom. The Bertz CT molecular complexity index is 1340. The molecular weight excluding hydrogens is 456 g/mol. The van der Waals surface area contributed by atoms with E-state index in [0.29, 0.717) is 5.69 Å². The molecule has 0 saturated heterocycles. The van der Waals surface area contributed by atoms with Crippen LogP contribution in [0.2, 0.25) is 0 Å². The number of aromatic nitrogens is 1. The molecule has 3 rings (SSSR count). The molecule has 1 aromatic heterocycles. The van der Waals surface area contributed by atoms with Gasteiger partial charge in [0, 0.05) is 12.5 Å². The van der Waals surface area contributed by atoms with Gasteiger partial charge in [-0.25, -0.2) is 26.4 Å². The fourth-order valence-corrected chi connectivity index (χ4v) is 4.86. The van der Waals surface area contributed by atoms with Crippen molar-refractivity contribution in [3.05, 3.63) is 78.1 Å². The Morgan fingerprint density at radius 1 is 1.03 bits per heavy atom. The van der Waals surface area contributed by atoms with Gasteiger partial charge in [-0.15, -0.1) is 0 Å². The molecule has 2 N–H and O–H groups in total. The molecule has 3 aromatic rings. The molecule has 0 aliphatic heterocycles. The molecule has 0 bridgehead atoms. The first kappa shape index (κ1) is 23.4. The predicted octanol–water partition coefficient (Wildman–Crippen LogP) is 3.02. The molecule has 2 aromatic carbocycles. The number of sulfone groups is 1. The van der Waals surface area contributed by atoms with Crippen molar-refractivity contribution in [3.63, 3.8) is 0 Å². The number of carbonyl (C=O) groups is 1. The first-order valence-corrected chi connectivity index (χ1v) is 12.6. The van der Waals surface area contributed by atoms with Gasteiger partial charge in [0.05, 0.1) is 22.2 Å². The van der Waals surface area contributed by atoms with E-state index in [1.807, 2.05) is 0 Å². The Labute approximate surface area is 185 Å². The summed E-state index contributed by atoms with van der Waals surface area (Å²) in [5.41, 5.74) is 0.362. The summed E-state index contributed by atoms with van der Waals surface area (Å²) in [6.45, 7) is 1.67. The van der Waals surface area contributed by atoms with Crippen molar-refractivity contribution in [2.24, 2.45) is 0 Å². The van der Waals surface area contributed by atoms with Gasteiger partial charge in [0.1, 0.15) is 16.4 Å². The van der Waals surface area contributed by atoms with Crippen molar-refractivity contribution in [1.29, 1.82) is 0 Å². The summed E-state index contributed by atoms with van der Waals surface area (Å²) in [5, 5.41) is 9.10. The molecule has 0 amide bonds. The minimum atomic E-state index is -3.85. The van der Waals surface area contributed by atoms with E-state index < -0.39 is 31.9 Å². The van der Waals surface area contributed by atoms with Gasteiger partial charge >= 0.3 is 5.97 Å². The van der Waals surface area contributed by atoms with E-state index in [1.165, 1.54) is 36.4 Å². The largest absolute Gasteiger partial charge is 0.478 e. The molecule has 1 atom stereocenters. The van der Waals surface area contributed by atoms with E-state index in [1.54, 1.807) is 31.3 Å². The highest BCUT2D eigenvalue weighted by Crippen LogP contribution is 2.30. The maximum Gasteiger partial charge on any atom is 0.335 e. The third-order valence-electron chi connectivity index (χ3n) is 4.42. The van der Waals surface area contributed by atoms with Gasteiger partial charge in [0.25, 0.3) is 0 Å². The van der Waals surface area contributed by atoms with Crippen molar-refractivity contribution in [1.82, 2.24) is 9.71 Å². The maximum absolute atomic E-state index is 12.7. The Hall–Kier alpha value is -3.28.